The van der Waals surface area contributed by atoms with Crippen molar-refractivity contribution >= 4 is 29.8 Å². The fourth-order valence-electron chi connectivity index (χ4n) is 4.01. The number of ether oxygens (including phenoxy) is 1. The normalized spacial score (nSPS) is 24.3. The molecule has 2 aliphatic rings. The Balaban J connectivity index is 1.63. The van der Waals surface area contributed by atoms with Gasteiger partial charge in [0.2, 0.25) is 6.41 Å². The number of rotatable bonds is 7. The summed E-state index contributed by atoms with van der Waals surface area (Å²) in [4.78, 5) is 36.8. The molecule has 1 aromatic carbocycles. The van der Waals surface area contributed by atoms with Crippen LogP contribution in [-0.2, 0) is 14.3 Å². The summed E-state index contributed by atoms with van der Waals surface area (Å²) in [5, 5.41) is 3.24. The third kappa shape index (κ3) is 6.09. The van der Waals surface area contributed by atoms with Crippen LogP contribution in [0.15, 0.2) is 24.3 Å². The van der Waals surface area contributed by atoms with E-state index >= 15 is 4.39 Å². The summed E-state index contributed by atoms with van der Waals surface area (Å²) in [6.07, 6.45) is -14.5. The molecule has 2 heterocycles. The monoisotopic (exact) mass is 529 g/mol. The number of benzene rings is 1. The fourth-order valence-corrected chi connectivity index (χ4v) is 4.01. The maximum Gasteiger partial charge on any atom is 0.471 e. The maximum atomic E-state index is 15.3. The summed E-state index contributed by atoms with van der Waals surface area (Å²) in [6, 6.07) is 5.92. The van der Waals surface area contributed by atoms with E-state index in [1.807, 2.05) is 0 Å². The van der Waals surface area contributed by atoms with Gasteiger partial charge < -0.3 is 20.3 Å². The van der Waals surface area contributed by atoms with Crippen LogP contribution in [0.3, 0.4) is 0 Å². The number of carbonyl (C=O) groups excluding carboxylic acids is 3. The summed E-state index contributed by atoms with van der Waals surface area (Å²) in [5.41, 5.74) is 0.748. The van der Waals surface area contributed by atoms with Crippen LogP contribution >= 0.6 is 0 Å². The lowest BCUT2D eigenvalue weighted by Crippen LogP contribution is -2.67. The zero-order valence-electron chi connectivity index (χ0n) is 18.7. The van der Waals surface area contributed by atoms with Gasteiger partial charge in [0, 0.05) is 24.5 Å². The smallest absolute Gasteiger partial charge is 0.442 e. The summed E-state index contributed by atoms with van der Waals surface area (Å²) >= 11 is 0. The van der Waals surface area contributed by atoms with Gasteiger partial charge in [0.25, 0.3) is 0 Å². The van der Waals surface area contributed by atoms with Gasteiger partial charge >= 0.3 is 24.4 Å². The number of nitrogens with zero attached hydrogens (tertiary/aromatic N) is 3. The lowest BCUT2D eigenvalue weighted by molar-refractivity contribution is -0.223. The van der Waals surface area contributed by atoms with Crippen molar-refractivity contribution in [1.29, 1.82) is 0 Å². The minimum Gasteiger partial charge on any atom is -0.442 e. The molecule has 2 unspecified atom stereocenters. The Kier molecular flexibility index (Phi) is 7.57. The van der Waals surface area contributed by atoms with Crippen molar-refractivity contribution in [3.8, 4) is 0 Å². The molecule has 9 nitrogen and oxygen atoms in total. The first-order valence-electron chi connectivity index (χ1n) is 10.5. The summed E-state index contributed by atoms with van der Waals surface area (Å²) in [6.45, 7) is -0.527. The Bertz CT molecular complexity index is 971. The van der Waals surface area contributed by atoms with Crippen LogP contribution in [0.1, 0.15) is 6.92 Å². The molecule has 1 aromatic rings. The van der Waals surface area contributed by atoms with E-state index in [1.165, 1.54) is 29.2 Å². The third-order valence-corrected chi connectivity index (χ3v) is 5.69. The topological polar surface area (TPSA) is 94.2 Å². The lowest BCUT2D eigenvalue weighted by atomic mass is 10.1. The first-order valence-corrected chi connectivity index (χ1v) is 10.5. The van der Waals surface area contributed by atoms with Crippen LogP contribution in [0.5, 0.6) is 0 Å². The quantitative estimate of drug-likeness (QED) is 0.320. The van der Waals surface area contributed by atoms with E-state index in [9.17, 15) is 40.7 Å². The molecule has 0 spiro atoms. The van der Waals surface area contributed by atoms with Gasteiger partial charge in [0.15, 0.2) is 12.0 Å². The molecule has 2 N–H and O–H groups in total. The van der Waals surface area contributed by atoms with Crippen LogP contribution in [0.2, 0.25) is 0 Å². The van der Waals surface area contributed by atoms with E-state index < -0.39 is 55.5 Å². The average Bonchev–Trinajstić information content (AvgIpc) is 3.14. The van der Waals surface area contributed by atoms with Crippen LogP contribution in [0.25, 0.3) is 0 Å². The first kappa shape index (κ1) is 27.3. The second-order valence-electron chi connectivity index (χ2n) is 8.33. The molecule has 3 atom stereocenters. The van der Waals surface area contributed by atoms with Crippen LogP contribution < -0.4 is 20.4 Å². The number of halogens is 7. The Morgan fingerprint density at radius 2 is 1.78 bits per heavy atom. The highest BCUT2D eigenvalue weighted by molar-refractivity contribution is 5.90. The maximum absolute atomic E-state index is 15.3. The van der Waals surface area contributed by atoms with Crippen molar-refractivity contribution in [2.24, 2.45) is 0 Å². The highest BCUT2D eigenvalue weighted by Crippen LogP contribution is 2.34. The second kappa shape index (κ2) is 9.99. The van der Waals surface area contributed by atoms with Crippen LogP contribution in [0.4, 0.5) is 46.9 Å². The van der Waals surface area contributed by atoms with Crippen molar-refractivity contribution in [2.75, 3.05) is 42.5 Å². The summed E-state index contributed by atoms with van der Waals surface area (Å²) < 4.78 is 97.0. The molecular weight excluding hydrogens is 507 g/mol. The third-order valence-electron chi connectivity index (χ3n) is 5.69. The van der Waals surface area contributed by atoms with Gasteiger partial charge in [0.1, 0.15) is 6.10 Å². The van der Waals surface area contributed by atoms with Crippen LogP contribution in [0, 0.1) is 0 Å². The highest BCUT2D eigenvalue weighted by atomic mass is 19.4. The van der Waals surface area contributed by atoms with Crippen molar-refractivity contribution in [3.05, 3.63) is 24.3 Å². The molecule has 200 valence electrons. The summed E-state index contributed by atoms with van der Waals surface area (Å²) in [5.74, 6) is -4.62. The molecule has 0 radical (unpaired) electrons. The predicted molar refractivity (Wildman–Crippen MR) is 111 cm³/mol. The number of cyclic esters (lactones) is 1. The Morgan fingerprint density at radius 1 is 1.17 bits per heavy atom. The van der Waals surface area contributed by atoms with Gasteiger partial charge in [-0.1, -0.05) is 0 Å². The molecule has 36 heavy (non-hydrogen) atoms. The lowest BCUT2D eigenvalue weighted by Gasteiger charge is -2.48. The molecule has 2 saturated heterocycles. The van der Waals surface area contributed by atoms with Crippen LogP contribution in [-0.4, -0.2) is 86.4 Å². The SMILES string of the molecule is C[C@]1(F)CN(c2ccc(N3CC(CNC(=O)C(F)(F)F)OC3=O)cc2)CCN1C(NC=O)C(F)(F)F. The molecule has 3 rings (SSSR count). The zero-order chi connectivity index (χ0) is 26.9. The number of nitrogens with one attached hydrogen (secondary N) is 2. The molecule has 0 bridgehead atoms. The molecule has 2 fully saturated rings. The van der Waals surface area contributed by atoms with Gasteiger partial charge in [-0.2, -0.15) is 26.3 Å². The van der Waals surface area contributed by atoms with E-state index in [4.69, 9.17) is 4.74 Å². The van der Waals surface area contributed by atoms with Gasteiger partial charge in [-0.25, -0.2) is 14.1 Å². The molecule has 3 amide bonds. The largest absolute Gasteiger partial charge is 0.471 e. The van der Waals surface area contributed by atoms with Crippen molar-refractivity contribution in [2.45, 2.75) is 37.3 Å². The Morgan fingerprint density at radius 3 is 2.31 bits per heavy atom. The molecule has 16 heteroatoms. The molecule has 0 aliphatic carbocycles. The van der Waals surface area contributed by atoms with E-state index in [0.717, 1.165) is 11.8 Å². The van der Waals surface area contributed by atoms with E-state index in [1.54, 1.807) is 10.6 Å². The second-order valence-corrected chi connectivity index (χ2v) is 8.33. The fraction of sp³-hybridized carbons (Fsp3) is 0.550. The Labute approximate surface area is 200 Å². The number of anilines is 2. The zero-order valence-corrected chi connectivity index (χ0v) is 18.7. The predicted octanol–water partition coefficient (Wildman–Crippen LogP) is 2.13. The van der Waals surface area contributed by atoms with Gasteiger partial charge in [0.05, 0.1) is 19.6 Å². The van der Waals surface area contributed by atoms with Gasteiger partial charge in [-0.15, -0.1) is 0 Å². The van der Waals surface area contributed by atoms with Gasteiger partial charge in [-0.3, -0.25) is 14.5 Å². The minimum absolute atomic E-state index is 0.00128. The van der Waals surface area contributed by atoms with E-state index in [-0.39, 0.29) is 26.0 Å². The van der Waals surface area contributed by atoms with E-state index in [2.05, 4.69) is 0 Å². The number of carbonyl (C=O) groups is 3. The molecule has 0 saturated carbocycles. The minimum atomic E-state index is -5.07. The first-order chi connectivity index (χ1) is 16.6. The van der Waals surface area contributed by atoms with Gasteiger partial charge in [-0.05, 0) is 31.2 Å². The number of amides is 3. The highest BCUT2D eigenvalue weighted by Gasteiger charge is 2.52. The summed E-state index contributed by atoms with van der Waals surface area (Å²) in [7, 11) is 0. The number of hydrogen-bond acceptors (Lipinski definition) is 6. The Hall–Kier alpha value is -3.30. The number of hydrogen-bond donors (Lipinski definition) is 2. The molecule has 2 aliphatic heterocycles. The van der Waals surface area contributed by atoms with Crippen molar-refractivity contribution in [1.82, 2.24) is 15.5 Å². The van der Waals surface area contributed by atoms with E-state index in [0.29, 0.717) is 16.3 Å². The van der Waals surface area contributed by atoms with Crippen molar-refractivity contribution < 1.29 is 49.9 Å². The van der Waals surface area contributed by atoms with Crippen molar-refractivity contribution in [3.63, 3.8) is 0 Å². The molecule has 0 aromatic heterocycles. The standard InChI is InChI=1S/C20H22F7N5O4/c1-18(21)10-30(6-7-32(18)15(29-11-33)19(22,23)24)12-2-4-13(5-3-12)31-9-14(36-17(31)35)8-28-16(34)20(25,26)27/h2-5,11,14-15H,6-10H2,1H3,(H,28,34)(H,29,33)/t14?,15?,18-/m1/s1. The average molecular weight is 529 g/mol. The number of piperazine rings is 1. The number of alkyl halides is 7. The molecular formula is C20H22F7N5O4.